The van der Waals surface area contributed by atoms with E-state index in [1.54, 1.807) is 0 Å². The average Bonchev–Trinajstić information content (AvgIpc) is 2.47. The second-order valence-electron chi connectivity index (χ2n) is 4.84. The fourth-order valence-corrected chi connectivity index (χ4v) is 3.08. The van der Waals surface area contributed by atoms with Crippen LogP contribution >= 0.6 is 27.5 Å². The molecular formula is C16H15BrClNO2. The van der Waals surface area contributed by atoms with Gasteiger partial charge in [-0.05, 0) is 51.3 Å². The maximum Gasteiger partial charge on any atom is 0.175 e. The molecule has 2 aromatic carbocycles. The van der Waals surface area contributed by atoms with Crippen LogP contribution in [-0.4, -0.2) is 13.2 Å². The Kier molecular flexibility index (Phi) is 4.68. The van der Waals surface area contributed by atoms with E-state index >= 15 is 0 Å². The lowest BCUT2D eigenvalue weighted by Crippen LogP contribution is -2.17. The summed E-state index contributed by atoms with van der Waals surface area (Å²) in [6.07, 6.45) is 0. The molecule has 0 aliphatic carbocycles. The van der Waals surface area contributed by atoms with Crippen molar-refractivity contribution in [2.24, 2.45) is 0 Å². The Morgan fingerprint density at radius 2 is 1.86 bits per heavy atom. The molecule has 3 rings (SSSR count). The van der Waals surface area contributed by atoms with Gasteiger partial charge in [0.2, 0.25) is 0 Å². The van der Waals surface area contributed by atoms with E-state index < -0.39 is 0 Å². The van der Waals surface area contributed by atoms with E-state index in [0.717, 1.165) is 39.6 Å². The van der Waals surface area contributed by atoms with E-state index in [9.17, 15) is 0 Å². The minimum Gasteiger partial charge on any atom is -0.486 e. The van der Waals surface area contributed by atoms with E-state index in [2.05, 4.69) is 33.4 Å². The van der Waals surface area contributed by atoms with Crippen molar-refractivity contribution < 1.29 is 9.47 Å². The third-order valence-corrected chi connectivity index (χ3v) is 4.03. The smallest absolute Gasteiger partial charge is 0.175 e. The number of nitrogens with one attached hydrogen (secondary N) is 1. The summed E-state index contributed by atoms with van der Waals surface area (Å²) in [5.74, 6) is 1.59. The first-order chi connectivity index (χ1) is 10.2. The third kappa shape index (κ3) is 3.70. The molecule has 1 heterocycles. The summed E-state index contributed by atoms with van der Waals surface area (Å²) < 4.78 is 12.1. The molecule has 21 heavy (non-hydrogen) atoms. The Bertz CT molecular complexity index is 648. The highest BCUT2D eigenvalue weighted by atomic mass is 79.9. The molecule has 0 fully saturated rings. The lowest BCUT2D eigenvalue weighted by atomic mass is 10.1. The summed E-state index contributed by atoms with van der Waals surface area (Å²) in [5.41, 5.74) is 2.31. The van der Waals surface area contributed by atoms with Gasteiger partial charge in [0.05, 0.1) is 4.47 Å². The van der Waals surface area contributed by atoms with Gasteiger partial charge in [0, 0.05) is 18.1 Å². The van der Waals surface area contributed by atoms with Crippen LogP contribution in [0.3, 0.4) is 0 Å². The molecule has 3 nitrogen and oxygen atoms in total. The van der Waals surface area contributed by atoms with Crippen LogP contribution in [0.4, 0.5) is 0 Å². The molecule has 0 spiro atoms. The minimum absolute atomic E-state index is 0.595. The summed E-state index contributed by atoms with van der Waals surface area (Å²) in [7, 11) is 0. The van der Waals surface area contributed by atoms with Crippen molar-refractivity contribution in [3.8, 4) is 11.5 Å². The van der Waals surface area contributed by atoms with Crippen molar-refractivity contribution in [3.63, 3.8) is 0 Å². The van der Waals surface area contributed by atoms with Crippen molar-refractivity contribution in [1.29, 1.82) is 0 Å². The molecule has 1 N–H and O–H groups in total. The van der Waals surface area contributed by atoms with Gasteiger partial charge in [0.1, 0.15) is 13.2 Å². The standard InChI is InChI=1S/C16H15BrClNO2/c17-14-7-12(8-15-16(14)21-5-4-20-15)10-19-9-11-2-1-3-13(18)6-11/h1-3,6-8,19H,4-5,9-10H2. The van der Waals surface area contributed by atoms with E-state index in [1.165, 1.54) is 5.56 Å². The van der Waals surface area contributed by atoms with Crippen LogP contribution in [0.15, 0.2) is 40.9 Å². The van der Waals surface area contributed by atoms with Crippen LogP contribution in [0.2, 0.25) is 5.02 Å². The Hall–Kier alpha value is -1.23. The molecular weight excluding hydrogens is 354 g/mol. The lowest BCUT2D eigenvalue weighted by Gasteiger charge is -2.20. The number of fused-ring (bicyclic) bond motifs is 1. The zero-order valence-electron chi connectivity index (χ0n) is 11.4. The molecule has 5 heteroatoms. The molecule has 2 aromatic rings. The second-order valence-corrected chi connectivity index (χ2v) is 6.13. The molecule has 0 bridgehead atoms. The Morgan fingerprint density at radius 1 is 1.05 bits per heavy atom. The first kappa shape index (κ1) is 14.7. The van der Waals surface area contributed by atoms with Gasteiger partial charge < -0.3 is 14.8 Å². The number of hydrogen-bond donors (Lipinski definition) is 1. The number of ether oxygens (including phenoxy) is 2. The maximum absolute atomic E-state index is 5.98. The van der Waals surface area contributed by atoms with Gasteiger partial charge in [0.25, 0.3) is 0 Å². The molecule has 0 unspecified atom stereocenters. The topological polar surface area (TPSA) is 30.5 Å². The molecule has 110 valence electrons. The van der Waals surface area contributed by atoms with Gasteiger partial charge in [-0.2, -0.15) is 0 Å². The second kappa shape index (κ2) is 6.69. The fourth-order valence-electron chi connectivity index (χ4n) is 2.26. The zero-order valence-corrected chi connectivity index (χ0v) is 13.7. The largest absolute Gasteiger partial charge is 0.486 e. The highest BCUT2D eigenvalue weighted by molar-refractivity contribution is 9.10. The van der Waals surface area contributed by atoms with Gasteiger partial charge in [-0.25, -0.2) is 0 Å². The number of rotatable bonds is 4. The lowest BCUT2D eigenvalue weighted by molar-refractivity contribution is 0.170. The molecule has 0 saturated heterocycles. The van der Waals surface area contributed by atoms with Crippen LogP contribution in [0, 0.1) is 0 Å². The van der Waals surface area contributed by atoms with Gasteiger partial charge in [0.15, 0.2) is 11.5 Å². The summed E-state index contributed by atoms with van der Waals surface area (Å²) in [5, 5.41) is 4.16. The molecule has 0 saturated carbocycles. The molecule has 0 atom stereocenters. The quantitative estimate of drug-likeness (QED) is 0.879. The van der Waals surface area contributed by atoms with Crippen molar-refractivity contribution in [2.75, 3.05) is 13.2 Å². The summed E-state index contributed by atoms with van der Waals surface area (Å²) in [6.45, 7) is 2.71. The van der Waals surface area contributed by atoms with E-state index in [-0.39, 0.29) is 0 Å². The third-order valence-electron chi connectivity index (χ3n) is 3.20. The van der Waals surface area contributed by atoms with E-state index in [4.69, 9.17) is 21.1 Å². The zero-order chi connectivity index (χ0) is 14.7. The molecule has 0 amide bonds. The minimum atomic E-state index is 0.595. The van der Waals surface area contributed by atoms with Gasteiger partial charge in [-0.15, -0.1) is 0 Å². The molecule has 1 aliphatic heterocycles. The predicted molar refractivity (Wildman–Crippen MR) is 87.1 cm³/mol. The molecule has 1 aliphatic rings. The van der Waals surface area contributed by atoms with Crippen LogP contribution < -0.4 is 14.8 Å². The Morgan fingerprint density at radius 3 is 2.71 bits per heavy atom. The first-order valence-electron chi connectivity index (χ1n) is 6.75. The maximum atomic E-state index is 5.98. The predicted octanol–water partition coefficient (Wildman–Crippen LogP) is 4.16. The van der Waals surface area contributed by atoms with Crippen molar-refractivity contribution >= 4 is 27.5 Å². The van der Waals surface area contributed by atoms with Crippen LogP contribution in [0.5, 0.6) is 11.5 Å². The van der Waals surface area contributed by atoms with Gasteiger partial charge >= 0.3 is 0 Å². The summed E-state index contributed by atoms with van der Waals surface area (Å²) in [6, 6.07) is 11.9. The normalized spacial score (nSPS) is 13.2. The van der Waals surface area contributed by atoms with Crippen LogP contribution in [0.1, 0.15) is 11.1 Å². The van der Waals surface area contributed by atoms with E-state index in [0.29, 0.717) is 13.2 Å². The highest BCUT2D eigenvalue weighted by Gasteiger charge is 2.16. The Balaban J connectivity index is 1.64. The highest BCUT2D eigenvalue weighted by Crippen LogP contribution is 2.38. The van der Waals surface area contributed by atoms with Crippen LogP contribution in [-0.2, 0) is 13.1 Å². The number of benzene rings is 2. The first-order valence-corrected chi connectivity index (χ1v) is 7.92. The summed E-state index contributed by atoms with van der Waals surface area (Å²) >= 11 is 9.51. The van der Waals surface area contributed by atoms with Crippen molar-refractivity contribution in [1.82, 2.24) is 5.32 Å². The average molecular weight is 369 g/mol. The molecule has 0 aromatic heterocycles. The van der Waals surface area contributed by atoms with Crippen LogP contribution in [0.25, 0.3) is 0 Å². The fraction of sp³-hybridized carbons (Fsp3) is 0.250. The van der Waals surface area contributed by atoms with Gasteiger partial charge in [-0.1, -0.05) is 23.7 Å². The van der Waals surface area contributed by atoms with Crippen molar-refractivity contribution in [2.45, 2.75) is 13.1 Å². The van der Waals surface area contributed by atoms with E-state index in [1.807, 2.05) is 24.3 Å². The number of hydrogen-bond acceptors (Lipinski definition) is 3. The number of halogens is 2. The summed E-state index contributed by atoms with van der Waals surface area (Å²) in [4.78, 5) is 0. The molecule has 0 radical (unpaired) electrons. The monoisotopic (exact) mass is 367 g/mol. The Labute approximate surface area is 137 Å². The SMILES string of the molecule is Clc1cccc(CNCc2cc(Br)c3c(c2)OCCO3)c1. The van der Waals surface area contributed by atoms with Crippen molar-refractivity contribution in [3.05, 3.63) is 57.0 Å². The van der Waals surface area contributed by atoms with Gasteiger partial charge in [-0.3, -0.25) is 0 Å².